The maximum atomic E-state index is 13.3. The second kappa shape index (κ2) is 10.1. The molecule has 1 atom stereocenters. The highest BCUT2D eigenvalue weighted by Crippen LogP contribution is 2.15. The minimum Gasteiger partial charge on any atom is -0.467 e. The van der Waals surface area contributed by atoms with E-state index in [2.05, 4.69) is 5.32 Å². The zero-order valence-corrected chi connectivity index (χ0v) is 17.2. The summed E-state index contributed by atoms with van der Waals surface area (Å²) in [6.07, 6.45) is 1.65. The molecule has 0 spiro atoms. The molecule has 0 saturated carbocycles. The van der Waals surface area contributed by atoms with Gasteiger partial charge in [-0.05, 0) is 54.4 Å². The Morgan fingerprint density at radius 1 is 1.07 bits per heavy atom. The lowest BCUT2D eigenvalue weighted by Gasteiger charge is -2.29. The molecule has 156 valence electrons. The van der Waals surface area contributed by atoms with Crippen molar-refractivity contribution in [3.8, 4) is 0 Å². The Balaban J connectivity index is 1.74. The lowest BCUT2D eigenvalue weighted by atomic mass is 10.1. The van der Waals surface area contributed by atoms with Crippen LogP contribution in [0.2, 0.25) is 5.02 Å². The topological polar surface area (TPSA) is 62.6 Å². The summed E-state index contributed by atoms with van der Waals surface area (Å²) in [6, 6.07) is 15.6. The van der Waals surface area contributed by atoms with Crippen LogP contribution in [-0.4, -0.2) is 22.8 Å². The summed E-state index contributed by atoms with van der Waals surface area (Å²) in [5.74, 6) is -0.268. The first-order valence-corrected chi connectivity index (χ1v) is 9.88. The highest BCUT2D eigenvalue weighted by Gasteiger charge is 2.26. The summed E-state index contributed by atoms with van der Waals surface area (Å²) in [7, 11) is 0. The van der Waals surface area contributed by atoms with Crippen LogP contribution in [0.4, 0.5) is 4.39 Å². The number of carbonyl (C=O) groups excluding carboxylic acids is 2. The molecule has 30 heavy (non-hydrogen) atoms. The molecule has 1 N–H and O–H groups in total. The number of hydrogen-bond acceptors (Lipinski definition) is 3. The van der Waals surface area contributed by atoms with E-state index in [1.807, 2.05) is 0 Å². The number of hydrogen-bond donors (Lipinski definition) is 1. The minimum absolute atomic E-state index is 0.119. The number of carbonyl (C=O) groups is 2. The monoisotopic (exact) mass is 428 g/mol. The van der Waals surface area contributed by atoms with Crippen molar-refractivity contribution in [1.29, 1.82) is 0 Å². The van der Waals surface area contributed by atoms with E-state index < -0.39 is 6.04 Å². The van der Waals surface area contributed by atoms with Crippen LogP contribution in [0.5, 0.6) is 0 Å². The van der Waals surface area contributed by atoms with E-state index >= 15 is 0 Å². The Morgan fingerprint density at radius 3 is 2.37 bits per heavy atom. The lowest BCUT2D eigenvalue weighted by molar-refractivity contribution is -0.140. The van der Waals surface area contributed by atoms with Crippen molar-refractivity contribution in [3.63, 3.8) is 0 Å². The predicted octanol–water partition coefficient (Wildman–Crippen LogP) is 4.35. The average Bonchev–Trinajstić information content (AvgIpc) is 3.26. The van der Waals surface area contributed by atoms with Crippen LogP contribution in [-0.2, 0) is 29.1 Å². The zero-order valence-electron chi connectivity index (χ0n) is 16.5. The molecule has 0 saturated heterocycles. The third-order valence-corrected chi connectivity index (χ3v) is 4.97. The lowest BCUT2D eigenvalue weighted by Crippen LogP contribution is -2.47. The number of nitrogens with zero attached hydrogens (tertiary/aromatic N) is 1. The molecule has 1 aromatic heterocycles. The molecule has 3 aromatic rings. The van der Waals surface area contributed by atoms with Crippen molar-refractivity contribution in [2.45, 2.75) is 32.5 Å². The van der Waals surface area contributed by atoms with E-state index in [1.165, 1.54) is 23.3 Å². The Hall–Kier alpha value is -3.12. The van der Waals surface area contributed by atoms with Crippen LogP contribution >= 0.6 is 11.6 Å². The standard InChI is InChI=1S/C23H22ClFN2O3/c1-16(23(29)26-14-21-3-2-12-30-21)27(15-18-6-10-20(25)11-7-18)22(28)13-17-4-8-19(24)9-5-17/h2-12,16H,13-15H2,1H3,(H,26,29)/t16-/m1/s1. The molecular formula is C23H22ClFN2O3. The largest absolute Gasteiger partial charge is 0.467 e. The highest BCUT2D eigenvalue weighted by atomic mass is 35.5. The molecule has 3 rings (SSSR count). The highest BCUT2D eigenvalue weighted by molar-refractivity contribution is 6.30. The van der Waals surface area contributed by atoms with Crippen LogP contribution in [0.25, 0.3) is 0 Å². The summed E-state index contributed by atoms with van der Waals surface area (Å²) < 4.78 is 18.5. The van der Waals surface area contributed by atoms with Crippen molar-refractivity contribution >= 4 is 23.4 Å². The first-order chi connectivity index (χ1) is 14.4. The van der Waals surface area contributed by atoms with Gasteiger partial charge in [0.1, 0.15) is 17.6 Å². The quantitative estimate of drug-likeness (QED) is 0.580. The van der Waals surface area contributed by atoms with E-state index in [0.29, 0.717) is 10.8 Å². The maximum absolute atomic E-state index is 13.3. The summed E-state index contributed by atoms with van der Waals surface area (Å²) in [5, 5.41) is 3.37. The molecule has 0 aliphatic heterocycles. The van der Waals surface area contributed by atoms with Gasteiger partial charge in [0.25, 0.3) is 0 Å². The second-order valence-corrected chi connectivity index (χ2v) is 7.36. The molecular weight excluding hydrogens is 407 g/mol. The summed E-state index contributed by atoms with van der Waals surface area (Å²) in [6.45, 7) is 2.08. The van der Waals surface area contributed by atoms with Gasteiger partial charge in [0.15, 0.2) is 0 Å². The first kappa shape index (κ1) is 21.6. The fourth-order valence-corrected chi connectivity index (χ4v) is 3.11. The Kier molecular flexibility index (Phi) is 7.25. The van der Waals surface area contributed by atoms with Gasteiger partial charge in [-0.1, -0.05) is 35.9 Å². The minimum atomic E-state index is -0.732. The van der Waals surface area contributed by atoms with Crippen molar-refractivity contribution in [2.24, 2.45) is 0 Å². The number of amides is 2. The van der Waals surface area contributed by atoms with Gasteiger partial charge in [-0.25, -0.2) is 4.39 Å². The number of halogens is 2. The average molecular weight is 429 g/mol. The van der Waals surface area contributed by atoms with Crippen molar-refractivity contribution in [3.05, 3.63) is 94.7 Å². The summed E-state index contributed by atoms with van der Waals surface area (Å²) in [4.78, 5) is 27.3. The van der Waals surface area contributed by atoms with E-state index in [0.717, 1.165) is 11.1 Å². The zero-order chi connectivity index (χ0) is 21.5. The van der Waals surface area contributed by atoms with Crippen LogP contribution < -0.4 is 5.32 Å². The van der Waals surface area contributed by atoms with Gasteiger partial charge >= 0.3 is 0 Å². The van der Waals surface area contributed by atoms with E-state index in [9.17, 15) is 14.0 Å². The third kappa shape index (κ3) is 5.94. The van der Waals surface area contributed by atoms with Gasteiger partial charge in [-0.15, -0.1) is 0 Å². The van der Waals surface area contributed by atoms with Crippen molar-refractivity contribution < 1.29 is 18.4 Å². The molecule has 7 heteroatoms. The third-order valence-electron chi connectivity index (χ3n) is 4.72. The van der Waals surface area contributed by atoms with E-state index in [1.54, 1.807) is 55.5 Å². The Labute approximate surface area is 179 Å². The molecule has 0 aliphatic rings. The number of nitrogens with one attached hydrogen (secondary N) is 1. The Morgan fingerprint density at radius 2 is 1.73 bits per heavy atom. The maximum Gasteiger partial charge on any atom is 0.242 e. The first-order valence-electron chi connectivity index (χ1n) is 9.51. The normalized spacial score (nSPS) is 11.7. The number of furan rings is 1. The van der Waals surface area contributed by atoms with Crippen LogP contribution in [0.3, 0.4) is 0 Å². The number of benzene rings is 2. The molecule has 0 bridgehead atoms. The van der Waals surface area contributed by atoms with Crippen LogP contribution in [0.15, 0.2) is 71.3 Å². The smallest absolute Gasteiger partial charge is 0.242 e. The SMILES string of the molecule is C[C@H](C(=O)NCc1ccco1)N(Cc1ccc(F)cc1)C(=O)Cc1ccc(Cl)cc1. The van der Waals surface area contributed by atoms with Crippen molar-refractivity contribution in [1.82, 2.24) is 10.2 Å². The summed E-state index contributed by atoms with van der Waals surface area (Å²) in [5.41, 5.74) is 1.52. The van der Waals surface area contributed by atoms with Gasteiger partial charge in [0, 0.05) is 11.6 Å². The fourth-order valence-electron chi connectivity index (χ4n) is 2.98. The molecule has 0 fully saturated rings. The molecule has 0 aliphatic carbocycles. The van der Waals surface area contributed by atoms with Gasteiger partial charge in [-0.2, -0.15) is 0 Å². The molecule has 2 amide bonds. The Bertz CT molecular complexity index is 973. The van der Waals surface area contributed by atoms with Crippen LogP contribution in [0.1, 0.15) is 23.8 Å². The number of rotatable bonds is 8. The molecule has 1 heterocycles. The van der Waals surface area contributed by atoms with Gasteiger partial charge < -0.3 is 14.6 Å². The second-order valence-electron chi connectivity index (χ2n) is 6.92. The fraction of sp³-hybridized carbons (Fsp3) is 0.217. The summed E-state index contributed by atoms with van der Waals surface area (Å²) >= 11 is 5.91. The molecule has 0 unspecified atom stereocenters. The predicted molar refractivity (Wildman–Crippen MR) is 112 cm³/mol. The molecule has 0 radical (unpaired) electrons. The van der Waals surface area contributed by atoms with Gasteiger partial charge in [-0.3, -0.25) is 9.59 Å². The van der Waals surface area contributed by atoms with Crippen molar-refractivity contribution in [2.75, 3.05) is 0 Å². The van der Waals surface area contributed by atoms with E-state index in [4.69, 9.17) is 16.0 Å². The van der Waals surface area contributed by atoms with E-state index in [-0.39, 0.29) is 37.1 Å². The molecule has 2 aromatic carbocycles. The van der Waals surface area contributed by atoms with Crippen LogP contribution in [0, 0.1) is 5.82 Å². The van der Waals surface area contributed by atoms with Gasteiger partial charge in [0.2, 0.25) is 11.8 Å². The van der Waals surface area contributed by atoms with Gasteiger partial charge in [0.05, 0.1) is 19.2 Å². The molecule has 5 nitrogen and oxygen atoms in total.